The number of nitrogens with two attached hydrogens (primary N) is 1. The summed E-state index contributed by atoms with van der Waals surface area (Å²) in [6, 6.07) is 7.99. The van der Waals surface area contributed by atoms with Crippen LogP contribution in [0.4, 0.5) is 32.1 Å². The van der Waals surface area contributed by atoms with Crippen molar-refractivity contribution < 1.29 is 17.4 Å². The summed E-state index contributed by atoms with van der Waals surface area (Å²) >= 11 is 0. The standard InChI is InChI=1S/C26H31F2N9O2S/c1-33(26-30-24-16-20(23-3-2-12-39-23)32-37(24)25(29)31-26)4-5-34-6-8-35(9-7-34)21-17-22(19(28)15-18(21)27)36-10-13-40(38)14-11-36/h2-3,12,15-17H,4-11,13-14H2,1H3,(H2,29,30,31). The summed E-state index contributed by atoms with van der Waals surface area (Å²) in [5.74, 6) is 1.21. The first-order valence-corrected chi connectivity index (χ1v) is 14.7. The average Bonchev–Trinajstić information content (AvgIpc) is 3.64. The monoisotopic (exact) mass is 571 g/mol. The molecule has 2 saturated heterocycles. The highest BCUT2D eigenvalue weighted by atomic mass is 32.2. The lowest BCUT2D eigenvalue weighted by atomic mass is 10.2. The number of furan rings is 1. The number of hydrogen-bond acceptors (Lipinski definition) is 10. The molecule has 6 rings (SSSR count). The third-order valence-electron chi connectivity index (χ3n) is 7.45. The number of nitrogen functional groups attached to an aromatic ring is 1. The van der Waals surface area contributed by atoms with E-state index in [0.29, 0.717) is 78.7 Å². The maximum atomic E-state index is 14.8. The summed E-state index contributed by atoms with van der Waals surface area (Å²) < 4.78 is 48.0. The molecular weight excluding hydrogens is 540 g/mol. The van der Waals surface area contributed by atoms with Gasteiger partial charge in [-0.1, -0.05) is 0 Å². The highest BCUT2D eigenvalue weighted by molar-refractivity contribution is 7.85. The molecule has 3 aromatic heterocycles. The van der Waals surface area contributed by atoms with E-state index < -0.39 is 22.4 Å². The van der Waals surface area contributed by atoms with Crippen molar-refractivity contribution in [2.24, 2.45) is 0 Å². The van der Waals surface area contributed by atoms with E-state index in [9.17, 15) is 13.0 Å². The fraction of sp³-hybridized carbons (Fsp3) is 0.423. The predicted octanol–water partition coefficient (Wildman–Crippen LogP) is 2.07. The summed E-state index contributed by atoms with van der Waals surface area (Å²) in [5.41, 5.74) is 8.15. The number of rotatable bonds is 7. The molecule has 0 spiro atoms. The second-order valence-corrected chi connectivity index (χ2v) is 11.7. The van der Waals surface area contributed by atoms with Crippen LogP contribution in [0.3, 0.4) is 0 Å². The van der Waals surface area contributed by atoms with Crippen LogP contribution >= 0.6 is 0 Å². The lowest BCUT2D eigenvalue weighted by molar-refractivity contribution is 0.262. The summed E-state index contributed by atoms with van der Waals surface area (Å²) in [6.45, 7) is 5.15. The number of hydrogen-bond donors (Lipinski definition) is 1. The molecule has 2 fully saturated rings. The van der Waals surface area contributed by atoms with E-state index in [2.05, 4.69) is 20.0 Å². The first kappa shape index (κ1) is 26.4. The van der Waals surface area contributed by atoms with E-state index in [1.54, 1.807) is 24.5 Å². The Hall–Kier alpha value is -3.78. The third-order valence-corrected chi connectivity index (χ3v) is 8.73. The van der Waals surface area contributed by atoms with Gasteiger partial charge in [0, 0.05) is 93.8 Å². The topological polar surface area (TPSA) is 112 Å². The van der Waals surface area contributed by atoms with Crippen LogP contribution in [-0.4, -0.2) is 99.6 Å². The molecule has 0 atom stereocenters. The highest BCUT2D eigenvalue weighted by Crippen LogP contribution is 2.30. The van der Waals surface area contributed by atoms with Crippen molar-refractivity contribution in [3.63, 3.8) is 0 Å². The van der Waals surface area contributed by atoms with Gasteiger partial charge in [-0.15, -0.1) is 0 Å². The molecule has 2 aliphatic heterocycles. The number of halogens is 2. The van der Waals surface area contributed by atoms with Crippen LogP contribution in [0.15, 0.2) is 41.0 Å². The van der Waals surface area contributed by atoms with Crippen LogP contribution in [0.1, 0.15) is 0 Å². The fourth-order valence-electron chi connectivity index (χ4n) is 5.11. The largest absolute Gasteiger partial charge is 0.463 e. The first-order valence-electron chi connectivity index (χ1n) is 13.2. The molecule has 0 aliphatic carbocycles. The minimum Gasteiger partial charge on any atom is -0.463 e. The van der Waals surface area contributed by atoms with Gasteiger partial charge in [0.25, 0.3) is 0 Å². The summed E-state index contributed by atoms with van der Waals surface area (Å²) in [4.78, 5) is 17.1. The Labute approximate surface area is 232 Å². The van der Waals surface area contributed by atoms with Crippen LogP contribution < -0.4 is 20.4 Å². The van der Waals surface area contributed by atoms with Gasteiger partial charge >= 0.3 is 0 Å². The van der Waals surface area contributed by atoms with E-state index >= 15 is 0 Å². The molecule has 2 N–H and O–H groups in total. The third kappa shape index (κ3) is 5.32. The molecule has 212 valence electrons. The molecule has 4 aromatic rings. The molecule has 11 nitrogen and oxygen atoms in total. The molecular formula is C26H31F2N9O2S. The molecule has 0 unspecified atom stereocenters. The molecule has 40 heavy (non-hydrogen) atoms. The lowest BCUT2D eigenvalue weighted by Gasteiger charge is -2.37. The molecule has 0 saturated carbocycles. The van der Waals surface area contributed by atoms with Gasteiger partial charge in [0.2, 0.25) is 11.9 Å². The van der Waals surface area contributed by atoms with E-state index in [0.717, 1.165) is 25.7 Å². The Morgan fingerprint density at radius 2 is 1.70 bits per heavy atom. The van der Waals surface area contributed by atoms with E-state index in [4.69, 9.17) is 10.2 Å². The first-order chi connectivity index (χ1) is 19.4. The minimum absolute atomic E-state index is 0.233. The smallest absolute Gasteiger partial charge is 0.230 e. The molecule has 14 heteroatoms. The number of nitrogens with zero attached hydrogens (tertiary/aromatic N) is 8. The van der Waals surface area contributed by atoms with Crippen LogP contribution in [0, 0.1) is 11.6 Å². The normalized spacial score (nSPS) is 17.2. The molecule has 1 aromatic carbocycles. The summed E-state index contributed by atoms with van der Waals surface area (Å²) in [6.07, 6.45) is 1.58. The quantitative estimate of drug-likeness (QED) is 0.354. The van der Waals surface area contributed by atoms with Gasteiger partial charge in [-0.3, -0.25) is 9.11 Å². The van der Waals surface area contributed by atoms with Crippen LogP contribution in [0.25, 0.3) is 17.1 Å². The average molecular weight is 572 g/mol. The van der Waals surface area contributed by atoms with Crippen molar-refractivity contribution >= 4 is 39.7 Å². The van der Waals surface area contributed by atoms with Gasteiger partial charge in [-0.05, 0) is 18.2 Å². The van der Waals surface area contributed by atoms with Crippen molar-refractivity contribution in [2.75, 3.05) is 91.3 Å². The van der Waals surface area contributed by atoms with Crippen LogP contribution in [0.5, 0.6) is 0 Å². The minimum atomic E-state index is -0.869. The van der Waals surface area contributed by atoms with Gasteiger partial charge in [-0.2, -0.15) is 19.6 Å². The second kappa shape index (κ2) is 11.0. The number of fused-ring (bicyclic) bond motifs is 1. The van der Waals surface area contributed by atoms with Gasteiger partial charge in [0.15, 0.2) is 11.4 Å². The van der Waals surface area contributed by atoms with Crippen LogP contribution in [-0.2, 0) is 10.8 Å². The van der Waals surface area contributed by atoms with Gasteiger partial charge < -0.3 is 24.9 Å². The maximum absolute atomic E-state index is 14.8. The fourth-order valence-corrected chi connectivity index (χ4v) is 6.16. The Morgan fingerprint density at radius 3 is 2.38 bits per heavy atom. The summed E-state index contributed by atoms with van der Waals surface area (Å²) in [7, 11) is 1.04. The van der Waals surface area contributed by atoms with Crippen LogP contribution in [0.2, 0.25) is 0 Å². The molecule has 2 aliphatic rings. The number of piperazine rings is 1. The zero-order valence-electron chi connectivity index (χ0n) is 22.2. The Kier molecular flexibility index (Phi) is 7.27. The molecule has 0 radical (unpaired) electrons. The second-order valence-electron chi connectivity index (χ2n) is 10.00. The Balaban J connectivity index is 1.07. The van der Waals surface area contributed by atoms with Crippen molar-refractivity contribution in [1.29, 1.82) is 0 Å². The van der Waals surface area contributed by atoms with E-state index in [1.165, 1.54) is 4.52 Å². The van der Waals surface area contributed by atoms with E-state index in [-0.39, 0.29) is 5.95 Å². The van der Waals surface area contributed by atoms with Crippen molar-refractivity contribution in [1.82, 2.24) is 24.5 Å². The molecule has 0 amide bonds. The molecule has 0 bridgehead atoms. The van der Waals surface area contributed by atoms with Gasteiger partial charge in [-0.25, -0.2) is 8.78 Å². The Morgan fingerprint density at radius 1 is 1.00 bits per heavy atom. The lowest BCUT2D eigenvalue weighted by Crippen LogP contribution is -2.48. The van der Waals surface area contributed by atoms with Crippen molar-refractivity contribution in [3.8, 4) is 11.5 Å². The van der Waals surface area contributed by atoms with Crippen molar-refractivity contribution in [3.05, 3.63) is 48.2 Å². The highest BCUT2D eigenvalue weighted by Gasteiger charge is 2.25. The van der Waals surface area contributed by atoms with Gasteiger partial charge in [0.05, 0.1) is 17.6 Å². The molecule has 5 heterocycles. The number of likely N-dealkylation sites (N-methyl/N-ethyl adjacent to an activating group) is 1. The van der Waals surface area contributed by atoms with E-state index in [1.807, 2.05) is 27.8 Å². The SMILES string of the molecule is CN(CCN1CCN(c2cc(N3CCS(=O)CC3)c(F)cc2F)CC1)c1nc(N)n2nc(-c3ccco3)cc2n1. The Bertz CT molecular complexity index is 1510. The zero-order valence-corrected chi connectivity index (χ0v) is 23.0. The predicted molar refractivity (Wildman–Crippen MR) is 151 cm³/mol. The number of aromatic nitrogens is 4. The number of anilines is 4. The number of benzene rings is 1. The zero-order chi connectivity index (χ0) is 27.8. The summed E-state index contributed by atoms with van der Waals surface area (Å²) in [5, 5.41) is 4.43. The maximum Gasteiger partial charge on any atom is 0.230 e. The van der Waals surface area contributed by atoms with Gasteiger partial charge in [0.1, 0.15) is 17.3 Å². The van der Waals surface area contributed by atoms with Crippen molar-refractivity contribution in [2.45, 2.75) is 0 Å².